The molecule has 0 fully saturated rings. The van der Waals surface area contributed by atoms with Crippen molar-refractivity contribution in [3.63, 3.8) is 0 Å². The van der Waals surface area contributed by atoms with Gasteiger partial charge in [0, 0.05) is 7.05 Å². The fourth-order valence-corrected chi connectivity index (χ4v) is 2.78. The minimum Gasteiger partial charge on any atom is -0.408 e. The SMILES string of the molecule is Cn1c2ccccc2c(=O)n1Cc1ccc2[nH]c(=O)oc2c1. The Balaban J connectivity index is 1.85. The van der Waals surface area contributed by atoms with Crippen LogP contribution >= 0.6 is 0 Å². The zero-order valence-electron chi connectivity index (χ0n) is 11.9. The predicted octanol–water partition coefficient (Wildman–Crippen LogP) is 1.82. The standard InChI is InChI=1S/C16H13N3O3/c1-18-13-5-3-2-4-11(13)15(20)19(18)9-10-6-7-12-14(8-10)22-16(21)17-12/h2-8H,9H2,1H3,(H,17,21). The summed E-state index contributed by atoms with van der Waals surface area (Å²) in [4.78, 5) is 26.3. The number of nitrogens with zero attached hydrogens (tertiary/aromatic N) is 2. The molecular formula is C16H13N3O3. The molecule has 0 aliphatic heterocycles. The number of aromatic amines is 1. The first kappa shape index (κ1) is 12.7. The summed E-state index contributed by atoms with van der Waals surface area (Å²) < 4.78 is 8.57. The summed E-state index contributed by atoms with van der Waals surface area (Å²) in [5, 5.41) is 0.694. The summed E-state index contributed by atoms with van der Waals surface area (Å²) >= 11 is 0. The number of benzene rings is 2. The van der Waals surface area contributed by atoms with Crippen molar-refractivity contribution in [3.8, 4) is 0 Å². The number of aromatic nitrogens is 3. The third-order valence-corrected chi connectivity index (χ3v) is 3.90. The molecule has 22 heavy (non-hydrogen) atoms. The van der Waals surface area contributed by atoms with E-state index in [1.165, 1.54) is 0 Å². The second-order valence-corrected chi connectivity index (χ2v) is 5.25. The highest BCUT2D eigenvalue weighted by Gasteiger charge is 2.11. The Morgan fingerprint density at radius 3 is 2.77 bits per heavy atom. The highest BCUT2D eigenvalue weighted by Crippen LogP contribution is 2.15. The van der Waals surface area contributed by atoms with Gasteiger partial charge in [0.05, 0.1) is 23.0 Å². The van der Waals surface area contributed by atoms with E-state index >= 15 is 0 Å². The molecule has 0 saturated heterocycles. The van der Waals surface area contributed by atoms with Gasteiger partial charge in [-0.1, -0.05) is 18.2 Å². The molecule has 1 N–H and O–H groups in total. The van der Waals surface area contributed by atoms with E-state index in [1.807, 2.05) is 42.1 Å². The molecule has 0 unspecified atom stereocenters. The van der Waals surface area contributed by atoms with Gasteiger partial charge >= 0.3 is 5.76 Å². The number of para-hydroxylation sites is 1. The van der Waals surface area contributed by atoms with Gasteiger partial charge < -0.3 is 4.42 Å². The van der Waals surface area contributed by atoms with Crippen LogP contribution in [0.2, 0.25) is 0 Å². The number of fused-ring (bicyclic) bond motifs is 2. The fourth-order valence-electron chi connectivity index (χ4n) is 2.78. The molecule has 2 aromatic carbocycles. The lowest BCUT2D eigenvalue weighted by Crippen LogP contribution is -2.21. The first-order valence-electron chi connectivity index (χ1n) is 6.90. The van der Waals surface area contributed by atoms with E-state index in [0.29, 0.717) is 23.0 Å². The molecule has 0 atom stereocenters. The summed E-state index contributed by atoms with van der Waals surface area (Å²) in [6.45, 7) is 0.412. The maximum absolute atomic E-state index is 12.5. The molecule has 2 aromatic heterocycles. The van der Waals surface area contributed by atoms with Crippen molar-refractivity contribution in [2.24, 2.45) is 7.05 Å². The van der Waals surface area contributed by atoms with Gasteiger partial charge in [-0.05, 0) is 29.8 Å². The molecule has 0 aliphatic rings. The van der Waals surface area contributed by atoms with Gasteiger partial charge in [0.1, 0.15) is 0 Å². The first-order valence-corrected chi connectivity index (χ1v) is 6.90. The Bertz CT molecular complexity index is 1110. The monoisotopic (exact) mass is 295 g/mol. The van der Waals surface area contributed by atoms with Gasteiger partial charge in [-0.15, -0.1) is 0 Å². The van der Waals surface area contributed by atoms with Crippen LogP contribution in [-0.4, -0.2) is 14.3 Å². The molecule has 110 valence electrons. The maximum atomic E-state index is 12.5. The quantitative estimate of drug-likeness (QED) is 0.613. The summed E-state index contributed by atoms with van der Waals surface area (Å²) in [7, 11) is 1.86. The number of oxazole rings is 1. The highest BCUT2D eigenvalue weighted by molar-refractivity contribution is 5.78. The molecule has 0 aliphatic carbocycles. The molecule has 0 radical (unpaired) electrons. The normalized spacial score (nSPS) is 11.5. The zero-order chi connectivity index (χ0) is 15.3. The fraction of sp³-hybridized carbons (Fsp3) is 0.125. The van der Waals surface area contributed by atoms with E-state index in [1.54, 1.807) is 16.8 Å². The Kier molecular flexibility index (Phi) is 2.59. The van der Waals surface area contributed by atoms with Crippen molar-refractivity contribution in [2.75, 3.05) is 0 Å². The smallest absolute Gasteiger partial charge is 0.408 e. The number of rotatable bonds is 2. The van der Waals surface area contributed by atoms with Gasteiger partial charge in [0.15, 0.2) is 5.58 Å². The predicted molar refractivity (Wildman–Crippen MR) is 83.1 cm³/mol. The Morgan fingerprint density at radius 1 is 1.14 bits per heavy atom. The number of aryl methyl sites for hydroxylation is 1. The van der Waals surface area contributed by atoms with Crippen LogP contribution in [0.5, 0.6) is 0 Å². The lowest BCUT2D eigenvalue weighted by atomic mass is 10.2. The summed E-state index contributed by atoms with van der Waals surface area (Å²) in [5.41, 5.74) is 2.89. The summed E-state index contributed by atoms with van der Waals surface area (Å²) in [6, 6.07) is 12.9. The average molecular weight is 295 g/mol. The van der Waals surface area contributed by atoms with E-state index in [2.05, 4.69) is 4.98 Å². The van der Waals surface area contributed by atoms with Crippen LogP contribution in [0.1, 0.15) is 5.56 Å². The van der Waals surface area contributed by atoms with Crippen molar-refractivity contribution in [1.82, 2.24) is 14.3 Å². The average Bonchev–Trinajstić information content (AvgIpc) is 3.00. The largest absolute Gasteiger partial charge is 0.417 e. The lowest BCUT2D eigenvalue weighted by Gasteiger charge is -2.07. The van der Waals surface area contributed by atoms with Crippen molar-refractivity contribution < 1.29 is 4.42 Å². The van der Waals surface area contributed by atoms with Gasteiger partial charge in [0.25, 0.3) is 5.56 Å². The van der Waals surface area contributed by atoms with E-state index in [9.17, 15) is 9.59 Å². The second kappa shape index (κ2) is 4.49. The summed E-state index contributed by atoms with van der Waals surface area (Å²) in [6.07, 6.45) is 0. The number of nitrogens with one attached hydrogen (secondary N) is 1. The van der Waals surface area contributed by atoms with Crippen molar-refractivity contribution in [3.05, 3.63) is 68.9 Å². The molecule has 0 bridgehead atoms. The van der Waals surface area contributed by atoms with Gasteiger partial charge in [-0.3, -0.25) is 14.5 Å². The zero-order valence-corrected chi connectivity index (χ0v) is 11.9. The van der Waals surface area contributed by atoms with Gasteiger partial charge in [-0.2, -0.15) is 0 Å². The van der Waals surface area contributed by atoms with Crippen LogP contribution in [0.15, 0.2) is 56.5 Å². The number of H-pyrrole nitrogens is 1. The van der Waals surface area contributed by atoms with Gasteiger partial charge in [-0.25, -0.2) is 9.48 Å². The molecule has 0 amide bonds. The van der Waals surface area contributed by atoms with Crippen molar-refractivity contribution in [2.45, 2.75) is 6.54 Å². The first-order chi connectivity index (χ1) is 10.6. The van der Waals surface area contributed by atoms with Crippen LogP contribution in [0.4, 0.5) is 0 Å². The van der Waals surface area contributed by atoms with Crippen LogP contribution in [-0.2, 0) is 13.6 Å². The van der Waals surface area contributed by atoms with Crippen molar-refractivity contribution in [1.29, 1.82) is 0 Å². The molecule has 4 rings (SSSR count). The third-order valence-electron chi connectivity index (χ3n) is 3.90. The van der Waals surface area contributed by atoms with E-state index in [0.717, 1.165) is 11.1 Å². The molecular weight excluding hydrogens is 282 g/mol. The molecule has 6 nitrogen and oxygen atoms in total. The minimum atomic E-state index is -0.478. The van der Waals surface area contributed by atoms with Crippen molar-refractivity contribution >= 4 is 22.0 Å². The lowest BCUT2D eigenvalue weighted by molar-refractivity contribution is 0.544. The molecule has 4 aromatic rings. The van der Waals surface area contributed by atoms with E-state index in [4.69, 9.17) is 4.42 Å². The highest BCUT2D eigenvalue weighted by atomic mass is 16.4. The van der Waals surface area contributed by atoms with Crippen LogP contribution < -0.4 is 11.3 Å². The van der Waals surface area contributed by atoms with Crippen LogP contribution in [0, 0.1) is 0 Å². The molecule has 2 heterocycles. The second-order valence-electron chi connectivity index (χ2n) is 5.25. The summed E-state index contributed by atoms with van der Waals surface area (Å²) in [5.74, 6) is -0.478. The number of hydrogen-bond donors (Lipinski definition) is 1. The van der Waals surface area contributed by atoms with Crippen LogP contribution in [0.25, 0.3) is 22.0 Å². The Morgan fingerprint density at radius 2 is 1.95 bits per heavy atom. The minimum absolute atomic E-state index is 0.0336. The third kappa shape index (κ3) is 1.81. The topological polar surface area (TPSA) is 72.9 Å². The Hall–Kier alpha value is -3.02. The molecule has 6 heteroatoms. The molecule has 0 spiro atoms. The number of hydrogen-bond acceptors (Lipinski definition) is 3. The van der Waals surface area contributed by atoms with E-state index < -0.39 is 5.76 Å². The van der Waals surface area contributed by atoms with Gasteiger partial charge in [0.2, 0.25) is 0 Å². The molecule has 0 saturated carbocycles. The maximum Gasteiger partial charge on any atom is 0.417 e. The van der Waals surface area contributed by atoms with Crippen LogP contribution in [0.3, 0.4) is 0 Å². The van der Waals surface area contributed by atoms with E-state index in [-0.39, 0.29) is 5.56 Å². The Labute approximate surface area is 124 Å².